The molecule has 20 heavy (non-hydrogen) atoms. The number of nitrogens with two attached hydrogens (primary N) is 1. The fourth-order valence-electron chi connectivity index (χ4n) is 1.93. The summed E-state index contributed by atoms with van der Waals surface area (Å²) in [7, 11) is 1.49. The van der Waals surface area contributed by atoms with Gasteiger partial charge in [0.05, 0.1) is 18.4 Å². The van der Waals surface area contributed by atoms with Crippen LogP contribution >= 0.6 is 0 Å². The summed E-state index contributed by atoms with van der Waals surface area (Å²) >= 11 is 0. The Labute approximate surface area is 112 Å². The van der Waals surface area contributed by atoms with Gasteiger partial charge in [-0.1, -0.05) is 0 Å². The maximum atomic E-state index is 13.7. The molecule has 0 amide bonds. The molecule has 6 heteroatoms. The van der Waals surface area contributed by atoms with Gasteiger partial charge < -0.3 is 14.9 Å². The molecule has 2 aromatic carbocycles. The Hall–Kier alpha value is -2.63. The summed E-state index contributed by atoms with van der Waals surface area (Å²) in [5.41, 5.74) is 6.80. The predicted molar refractivity (Wildman–Crippen MR) is 70.3 cm³/mol. The van der Waals surface area contributed by atoms with E-state index in [1.165, 1.54) is 7.11 Å². The van der Waals surface area contributed by atoms with Crippen molar-refractivity contribution in [1.29, 1.82) is 0 Å². The SMILES string of the molecule is COc1cc(N)c2oc(-c3cc(F)ccc3F)nc2c1. The summed E-state index contributed by atoms with van der Waals surface area (Å²) in [6.45, 7) is 0. The van der Waals surface area contributed by atoms with E-state index in [1.807, 2.05) is 0 Å². The van der Waals surface area contributed by atoms with Gasteiger partial charge in [0.1, 0.15) is 22.9 Å². The number of ether oxygens (including phenoxy) is 1. The lowest BCUT2D eigenvalue weighted by atomic mass is 10.2. The number of hydrogen-bond acceptors (Lipinski definition) is 4. The van der Waals surface area contributed by atoms with Gasteiger partial charge in [-0.25, -0.2) is 13.8 Å². The average molecular weight is 276 g/mol. The summed E-state index contributed by atoms with van der Waals surface area (Å²) < 4.78 is 37.4. The van der Waals surface area contributed by atoms with Gasteiger partial charge in [-0.3, -0.25) is 0 Å². The Morgan fingerprint density at radius 1 is 1.20 bits per heavy atom. The number of halogens is 2. The molecule has 0 fully saturated rings. The third-order valence-electron chi connectivity index (χ3n) is 2.89. The summed E-state index contributed by atoms with van der Waals surface area (Å²) in [4.78, 5) is 4.12. The minimum atomic E-state index is -0.622. The highest BCUT2D eigenvalue weighted by Gasteiger charge is 2.16. The lowest BCUT2D eigenvalue weighted by molar-refractivity contribution is 0.415. The van der Waals surface area contributed by atoms with E-state index in [0.29, 0.717) is 22.5 Å². The number of rotatable bonds is 2. The van der Waals surface area contributed by atoms with Gasteiger partial charge in [0, 0.05) is 12.1 Å². The van der Waals surface area contributed by atoms with Crippen LogP contribution in [0.2, 0.25) is 0 Å². The second kappa shape index (κ2) is 4.48. The normalized spacial score (nSPS) is 10.9. The van der Waals surface area contributed by atoms with Crippen molar-refractivity contribution in [3.8, 4) is 17.2 Å². The first-order chi connectivity index (χ1) is 9.58. The zero-order valence-corrected chi connectivity index (χ0v) is 10.5. The van der Waals surface area contributed by atoms with Crippen LogP contribution in [0.15, 0.2) is 34.7 Å². The van der Waals surface area contributed by atoms with Crippen molar-refractivity contribution < 1.29 is 17.9 Å². The molecule has 4 nitrogen and oxygen atoms in total. The number of aromatic nitrogens is 1. The summed E-state index contributed by atoms with van der Waals surface area (Å²) in [5.74, 6) is -0.718. The van der Waals surface area contributed by atoms with Gasteiger partial charge in [-0.2, -0.15) is 0 Å². The molecule has 0 aliphatic rings. The number of nitrogens with zero attached hydrogens (tertiary/aromatic N) is 1. The molecule has 3 aromatic rings. The van der Waals surface area contributed by atoms with E-state index in [0.717, 1.165) is 18.2 Å². The summed E-state index contributed by atoms with van der Waals surface area (Å²) in [6, 6.07) is 6.24. The molecule has 0 aliphatic heterocycles. The first-order valence-electron chi connectivity index (χ1n) is 5.78. The zero-order valence-electron chi connectivity index (χ0n) is 10.5. The van der Waals surface area contributed by atoms with Crippen LogP contribution < -0.4 is 10.5 Å². The van der Waals surface area contributed by atoms with Gasteiger partial charge in [0.25, 0.3) is 0 Å². The number of benzene rings is 2. The van der Waals surface area contributed by atoms with E-state index >= 15 is 0 Å². The lowest BCUT2D eigenvalue weighted by Gasteiger charge is -2.00. The quantitative estimate of drug-likeness (QED) is 0.729. The van der Waals surface area contributed by atoms with Crippen LogP contribution in [-0.2, 0) is 0 Å². The predicted octanol–water partition coefficient (Wildman–Crippen LogP) is 3.36. The Kier molecular flexibility index (Phi) is 2.78. The van der Waals surface area contributed by atoms with Gasteiger partial charge >= 0.3 is 0 Å². The molecule has 0 unspecified atom stereocenters. The summed E-state index contributed by atoms with van der Waals surface area (Å²) in [5, 5.41) is 0. The van der Waals surface area contributed by atoms with Crippen LogP contribution in [0.4, 0.5) is 14.5 Å². The zero-order chi connectivity index (χ0) is 14.3. The monoisotopic (exact) mass is 276 g/mol. The maximum absolute atomic E-state index is 13.7. The van der Waals surface area contributed by atoms with Gasteiger partial charge in [-0.05, 0) is 18.2 Å². The molecule has 0 aliphatic carbocycles. The first kappa shape index (κ1) is 12.4. The second-order valence-corrected chi connectivity index (χ2v) is 4.21. The van der Waals surface area contributed by atoms with Gasteiger partial charge in [0.2, 0.25) is 5.89 Å². The number of anilines is 1. The molecule has 1 heterocycles. The van der Waals surface area contributed by atoms with Crippen molar-refractivity contribution in [1.82, 2.24) is 4.98 Å². The molecule has 102 valence electrons. The van der Waals surface area contributed by atoms with Crippen LogP contribution in [0.1, 0.15) is 0 Å². The minimum Gasteiger partial charge on any atom is -0.497 e. The number of oxazole rings is 1. The van der Waals surface area contributed by atoms with Crippen LogP contribution in [0.5, 0.6) is 5.75 Å². The fraction of sp³-hybridized carbons (Fsp3) is 0.0714. The van der Waals surface area contributed by atoms with Crippen molar-refractivity contribution in [3.63, 3.8) is 0 Å². The smallest absolute Gasteiger partial charge is 0.230 e. The number of hydrogen-bond donors (Lipinski definition) is 1. The van der Waals surface area contributed by atoms with Crippen molar-refractivity contribution in [2.24, 2.45) is 0 Å². The topological polar surface area (TPSA) is 61.3 Å². The molecular weight excluding hydrogens is 266 g/mol. The standard InChI is InChI=1S/C14H10F2N2O2/c1-19-8-5-11(17)13-12(6-8)18-14(20-13)9-4-7(15)2-3-10(9)16/h2-6H,17H2,1H3. The van der Waals surface area contributed by atoms with Crippen LogP contribution in [0.25, 0.3) is 22.6 Å². The highest BCUT2D eigenvalue weighted by atomic mass is 19.1. The van der Waals surface area contributed by atoms with E-state index < -0.39 is 11.6 Å². The van der Waals surface area contributed by atoms with E-state index in [9.17, 15) is 8.78 Å². The molecule has 0 saturated heterocycles. The number of nitrogen functional groups attached to an aromatic ring is 1. The van der Waals surface area contributed by atoms with Crippen molar-refractivity contribution in [2.75, 3.05) is 12.8 Å². The highest BCUT2D eigenvalue weighted by molar-refractivity contribution is 5.88. The molecule has 3 rings (SSSR count). The Morgan fingerprint density at radius 2 is 2.00 bits per heavy atom. The number of methoxy groups -OCH3 is 1. The van der Waals surface area contributed by atoms with Gasteiger partial charge in [0.15, 0.2) is 5.58 Å². The van der Waals surface area contributed by atoms with E-state index in [2.05, 4.69) is 4.98 Å². The van der Waals surface area contributed by atoms with Gasteiger partial charge in [-0.15, -0.1) is 0 Å². The molecule has 0 spiro atoms. The average Bonchev–Trinajstić information content (AvgIpc) is 2.85. The molecule has 2 N–H and O–H groups in total. The molecular formula is C14H10F2N2O2. The lowest BCUT2D eigenvalue weighted by Crippen LogP contribution is -1.88. The molecule has 0 atom stereocenters. The third-order valence-corrected chi connectivity index (χ3v) is 2.89. The van der Waals surface area contributed by atoms with Crippen molar-refractivity contribution >= 4 is 16.8 Å². The fourth-order valence-corrected chi connectivity index (χ4v) is 1.93. The molecule has 0 saturated carbocycles. The van der Waals surface area contributed by atoms with Crippen molar-refractivity contribution in [3.05, 3.63) is 42.0 Å². The maximum Gasteiger partial charge on any atom is 0.230 e. The first-order valence-corrected chi connectivity index (χ1v) is 5.78. The largest absolute Gasteiger partial charge is 0.497 e. The number of fused-ring (bicyclic) bond motifs is 1. The minimum absolute atomic E-state index is 0.0306. The highest BCUT2D eigenvalue weighted by Crippen LogP contribution is 2.32. The molecule has 1 aromatic heterocycles. The van der Waals surface area contributed by atoms with E-state index in [-0.39, 0.29) is 11.5 Å². The van der Waals surface area contributed by atoms with Crippen LogP contribution in [-0.4, -0.2) is 12.1 Å². The van der Waals surface area contributed by atoms with E-state index in [1.54, 1.807) is 12.1 Å². The Bertz CT molecular complexity index is 799. The van der Waals surface area contributed by atoms with Crippen LogP contribution in [0.3, 0.4) is 0 Å². The second-order valence-electron chi connectivity index (χ2n) is 4.21. The Morgan fingerprint density at radius 3 is 2.75 bits per heavy atom. The van der Waals surface area contributed by atoms with Crippen LogP contribution in [0, 0.1) is 11.6 Å². The molecule has 0 bridgehead atoms. The Balaban J connectivity index is 2.22. The van der Waals surface area contributed by atoms with Crippen molar-refractivity contribution in [2.45, 2.75) is 0 Å². The molecule has 0 radical (unpaired) electrons. The van der Waals surface area contributed by atoms with E-state index in [4.69, 9.17) is 14.9 Å². The summed E-state index contributed by atoms with van der Waals surface area (Å²) in [6.07, 6.45) is 0. The third kappa shape index (κ3) is 1.95.